The summed E-state index contributed by atoms with van der Waals surface area (Å²) in [7, 11) is 0. The summed E-state index contributed by atoms with van der Waals surface area (Å²) >= 11 is 0. The van der Waals surface area contributed by atoms with Crippen molar-refractivity contribution in [1.82, 2.24) is 0 Å². The molecule has 0 heterocycles. The number of carbonyl (C=O) groups is 2. The lowest BCUT2D eigenvalue weighted by atomic mass is 9.95. The third-order valence-electron chi connectivity index (χ3n) is 2.64. The van der Waals surface area contributed by atoms with Gasteiger partial charge in [0.1, 0.15) is 0 Å². The molecule has 0 saturated carbocycles. The Balaban J connectivity index is 2.92. The maximum absolute atomic E-state index is 12.0. The van der Waals surface area contributed by atoms with Crippen LogP contribution < -0.4 is 16.4 Å². The van der Waals surface area contributed by atoms with Crippen molar-refractivity contribution < 1.29 is 9.59 Å². The predicted molar refractivity (Wildman–Crippen MR) is 76.9 cm³/mol. The summed E-state index contributed by atoms with van der Waals surface area (Å²) in [6.45, 7) is 7.36. The van der Waals surface area contributed by atoms with Crippen molar-refractivity contribution in [2.24, 2.45) is 11.1 Å². The van der Waals surface area contributed by atoms with E-state index in [1.54, 1.807) is 12.1 Å². The van der Waals surface area contributed by atoms with E-state index in [4.69, 9.17) is 5.73 Å². The molecule has 0 fully saturated rings. The number of nitrogens with two attached hydrogens (primary N) is 1. The van der Waals surface area contributed by atoms with E-state index in [1.807, 2.05) is 33.8 Å². The first-order valence-corrected chi connectivity index (χ1v) is 6.16. The fraction of sp³-hybridized carbons (Fsp3) is 0.429. The minimum absolute atomic E-state index is 0.0714. The van der Waals surface area contributed by atoms with E-state index >= 15 is 0 Å². The summed E-state index contributed by atoms with van der Waals surface area (Å²) < 4.78 is 0. The van der Waals surface area contributed by atoms with Gasteiger partial charge in [0.15, 0.2) is 0 Å². The van der Waals surface area contributed by atoms with Crippen LogP contribution in [0, 0.1) is 12.3 Å². The summed E-state index contributed by atoms with van der Waals surface area (Å²) in [5.74, 6) is -0.338. The molecule has 0 aliphatic heterocycles. The first kappa shape index (κ1) is 15.2. The monoisotopic (exact) mass is 263 g/mol. The molecule has 5 nitrogen and oxygen atoms in total. The lowest BCUT2D eigenvalue weighted by molar-refractivity contribution is -0.123. The van der Waals surface area contributed by atoms with Gasteiger partial charge >= 0.3 is 0 Å². The van der Waals surface area contributed by atoms with E-state index in [-0.39, 0.29) is 18.4 Å². The van der Waals surface area contributed by atoms with Crippen LogP contribution in [0.15, 0.2) is 18.2 Å². The van der Waals surface area contributed by atoms with E-state index in [2.05, 4.69) is 10.6 Å². The lowest BCUT2D eigenvalue weighted by Crippen LogP contribution is -2.28. The van der Waals surface area contributed by atoms with Crippen molar-refractivity contribution >= 4 is 23.2 Å². The number of hydrogen-bond acceptors (Lipinski definition) is 3. The standard InChI is InChI=1S/C14H21N3O2/c1-9-5-6-10(16-12(18)8-15)7-11(9)17-13(19)14(2,3)4/h5-7H,8,15H2,1-4H3,(H,16,18)(H,17,19). The normalized spacial score (nSPS) is 11.0. The maximum atomic E-state index is 12.0. The predicted octanol–water partition coefficient (Wildman–Crippen LogP) is 1.88. The van der Waals surface area contributed by atoms with Crippen LogP contribution in [0.2, 0.25) is 0 Å². The molecule has 0 spiro atoms. The molecule has 1 aromatic carbocycles. The highest BCUT2D eigenvalue weighted by atomic mass is 16.2. The highest BCUT2D eigenvalue weighted by Gasteiger charge is 2.21. The summed E-state index contributed by atoms with van der Waals surface area (Å²) in [5, 5.41) is 5.52. The van der Waals surface area contributed by atoms with Crippen LogP contribution in [0.25, 0.3) is 0 Å². The van der Waals surface area contributed by atoms with Gasteiger partial charge in [0, 0.05) is 16.8 Å². The Kier molecular flexibility index (Phi) is 4.67. The van der Waals surface area contributed by atoms with Gasteiger partial charge in [-0.1, -0.05) is 26.8 Å². The summed E-state index contributed by atoms with van der Waals surface area (Å²) in [4.78, 5) is 23.2. The van der Waals surface area contributed by atoms with Gasteiger partial charge in [0.05, 0.1) is 6.54 Å². The maximum Gasteiger partial charge on any atom is 0.238 e. The fourth-order valence-electron chi connectivity index (χ4n) is 1.36. The molecule has 0 saturated heterocycles. The topological polar surface area (TPSA) is 84.2 Å². The number of hydrogen-bond donors (Lipinski definition) is 3. The molecule has 0 aliphatic carbocycles. The third-order valence-corrected chi connectivity index (χ3v) is 2.64. The van der Waals surface area contributed by atoms with E-state index in [0.29, 0.717) is 11.4 Å². The van der Waals surface area contributed by atoms with Crippen LogP contribution >= 0.6 is 0 Å². The zero-order valence-corrected chi connectivity index (χ0v) is 11.8. The highest BCUT2D eigenvalue weighted by molar-refractivity contribution is 5.97. The average molecular weight is 263 g/mol. The zero-order valence-electron chi connectivity index (χ0n) is 11.8. The number of amides is 2. The smallest absolute Gasteiger partial charge is 0.238 e. The van der Waals surface area contributed by atoms with Crippen LogP contribution in [-0.4, -0.2) is 18.4 Å². The minimum Gasteiger partial charge on any atom is -0.325 e. The Hall–Kier alpha value is -1.88. The SMILES string of the molecule is Cc1ccc(NC(=O)CN)cc1NC(=O)C(C)(C)C. The lowest BCUT2D eigenvalue weighted by Gasteiger charge is -2.19. The van der Waals surface area contributed by atoms with Gasteiger partial charge < -0.3 is 16.4 Å². The number of anilines is 2. The van der Waals surface area contributed by atoms with Crippen molar-refractivity contribution in [3.63, 3.8) is 0 Å². The van der Waals surface area contributed by atoms with Gasteiger partial charge in [-0.3, -0.25) is 9.59 Å². The van der Waals surface area contributed by atoms with Crippen molar-refractivity contribution in [2.75, 3.05) is 17.2 Å². The molecule has 4 N–H and O–H groups in total. The molecule has 104 valence electrons. The van der Waals surface area contributed by atoms with Crippen LogP contribution in [0.5, 0.6) is 0 Å². The Morgan fingerprint density at radius 1 is 1.21 bits per heavy atom. The van der Waals surface area contributed by atoms with Crippen molar-refractivity contribution in [3.05, 3.63) is 23.8 Å². The number of carbonyl (C=O) groups excluding carboxylic acids is 2. The molecular weight excluding hydrogens is 242 g/mol. The molecule has 0 bridgehead atoms. The van der Waals surface area contributed by atoms with Crippen molar-refractivity contribution in [1.29, 1.82) is 0 Å². The summed E-state index contributed by atoms with van der Waals surface area (Å²) in [5.41, 5.74) is 7.01. The molecule has 0 aliphatic rings. The summed E-state index contributed by atoms with van der Waals surface area (Å²) in [6, 6.07) is 5.34. The Morgan fingerprint density at radius 3 is 2.37 bits per heavy atom. The van der Waals surface area contributed by atoms with Crippen LogP contribution in [0.3, 0.4) is 0 Å². The van der Waals surface area contributed by atoms with Crippen molar-refractivity contribution in [2.45, 2.75) is 27.7 Å². The first-order chi connectivity index (χ1) is 8.74. The molecule has 1 aromatic rings. The zero-order chi connectivity index (χ0) is 14.6. The fourth-order valence-corrected chi connectivity index (χ4v) is 1.36. The van der Waals surface area contributed by atoms with Crippen molar-refractivity contribution in [3.8, 4) is 0 Å². The highest BCUT2D eigenvalue weighted by Crippen LogP contribution is 2.23. The Labute approximate surface area is 113 Å². The van der Waals surface area contributed by atoms with Gasteiger partial charge in [-0.05, 0) is 24.6 Å². The van der Waals surface area contributed by atoms with Gasteiger partial charge in [0.25, 0.3) is 0 Å². The second kappa shape index (κ2) is 5.84. The average Bonchev–Trinajstić information content (AvgIpc) is 2.32. The van der Waals surface area contributed by atoms with Crippen LogP contribution in [0.1, 0.15) is 26.3 Å². The van der Waals surface area contributed by atoms with E-state index in [1.165, 1.54) is 0 Å². The third kappa shape index (κ3) is 4.37. The molecule has 0 atom stereocenters. The van der Waals surface area contributed by atoms with E-state index < -0.39 is 5.41 Å². The van der Waals surface area contributed by atoms with E-state index in [0.717, 1.165) is 5.56 Å². The molecule has 5 heteroatoms. The number of nitrogens with one attached hydrogen (secondary N) is 2. The van der Waals surface area contributed by atoms with Crippen LogP contribution in [0.4, 0.5) is 11.4 Å². The quantitative estimate of drug-likeness (QED) is 0.778. The molecule has 19 heavy (non-hydrogen) atoms. The Bertz CT molecular complexity index is 490. The second-order valence-corrected chi connectivity index (χ2v) is 5.49. The van der Waals surface area contributed by atoms with Crippen LogP contribution in [-0.2, 0) is 9.59 Å². The number of aryl methyl sites for hydroxylation is 1. The van der Waals surface area contributed by atoms with Gasteiger partial charge in [0.2, 0.25) is 11.8 Å². The first-order valence-electron chi connectivity index (χ1n) is 6.16. The largest absolute Gasteiger partial charge is 0.325 e. The summed E-state index contributed by atoms with van der Waals surface area (Å²) in [6.07, 6.45) is 0. The van der Waals surface area contributed by atoms with E-state index in [9.17, 15) is 9.59 Å². The number of benzene rings is 1. The Morgan fingerprint density at radius 2 is 1.84 bits per heavy atom. The molecule has 0 aromatic heterocycles. The molecule has 1 rings (SSSR count). The van der Waals surface area contributed by atoms with Gasteiger partial charge in [-0.25, -0.2) is 0 Å². The molecular formula is C14H21N3O2. The second-order valence-electron chi connectivity index (χ2n) is 5.49. The molecule has 2 amide bonds. The van der Waals surface area contributed by atoms with Gasteiger partial charge in [-0.2, -0.15) is 0 Å². The van der Waals surface area contributed by atoms with Gasteiger partial charge in [-0.15, -0.1) is 0 Å². The number of rotatable bonds is 3. The minimum atomic E-state index is -0.469. The molecule has 0 radical (unpaired) electrons. The molecule has 0 unspecified atom stereocenters.